The van der Waals surface area contributed by atoms with Gasteiger partial charge in [0.05, 0.1) is 0 Å². The molecule has 3 aromatic carbocycles. The molecule has 0 amide bonds. The zero-order valence-electron chi connectivity index (χ0n) is 16.9. The smallest absolute Gasteiger partial charge is 0.0491 e. The Hall–Kier alpha value is -3.52. The first-order valence-corrected chi connectivity index (χ1v) is 9.83. The maximum absolute atomic E-state index is 6.01. The van der Waals surface area contributed by atoms with E-state index in [2.05, 4.69) is 67.3 Å². The molecule has 0 aliphatic rings. The van der Waals surface area contributed by atoms with Crippen LogP contribution in [0.2, 0.25) is 0 Å². The Kier molecular flexibility index (Phi) is 6.36. The van der Waals surface area contributed by atoms with Gasteiger partial charge in [-0.25, -0.2) is 0 Å². The molecule has 0 fully saturated rings. The van der Waals surface area contributed by atoms with Gasteiger partial charge in [0, 0.05) is 16.8 Å². The topological polar surface area (TPSA) is 52.0 Å². The van der Waals surface area contributed by atoms with Crippen molar-refractivity contribution in [3.05, 3.63) is 126 Å². The summed E-state index contributed by atoms with van der Waals surface area (Å²) >= 11 is 0. The van der Waals surface area contributed by atoms with Crippen LogP contribution in [0.1, 0.15) is 35.6 Å². The molecule has 0 unspecified atom stereocenters. The third-order valence-electron chi connectivity index (χ3n) is 5.31. The molecule has 0 atom stereocenters. The lowest BCUT2D eigenvalue weighted by Gasteiger charge is -2.36. The molecule has 0 heterocycles. The van der Waals surface area contributed by atoms with Crippen molar-refractivity contribution < 1.29 is 0 Å². The lowest BCUT2D eigenvalue weighted by Crippen LogP contribution is -2.30. The highest BCUT2D eigenvalue weighted by molar-refractivity contribution is 5.63. The Labute approximate surface area is 173 Å². The van der Waals surface area contributed by atoms with Crippen molar-refractivity contribution in [2.75, 3.05) is 11.5 Å². The molecule has 4 N–H and O–H groups in total. The molecule has 0 radical (unpaired) electrons. The molecule has 2 nitrogen and oxygen atoms in total. The van der Waals surface area contributed by atoms with Crippen LogP contribution < -0.4 is 11.5 Å². The summed E-state index contributed by atoms with van der Waals surface area (Å²) in [6.45, 7) is 6.08. The molecule has 0 saturated carbocycles. The highest BCUT2D eigenvalue weighted by Crippen LogP contribution is 2.44. The van der Waals surface area contributed by atoms with Crippen LogP contribution in [0.15, 0.2) is 104 Å². The Bertz CT molecular complexity index is 964. The van der Waals surface area contributed by atoms with Gasteiger partial charge in [-0.15, -0.1) is 0 Å². The second kappa shape index (κ2) is 9.11. The third-order valence-corrected chi connectivity index (χ3v) is 5.31. The van der Waals surface area contributed by atoms with Crippen molar-refractivity contribution in [3.8, 4) is 0 Å². The Morgan fingerprint density at radius 3 is 1.86 bits per heavy atom. The van der Waals surface area contributed by atoms with E-state index in [-0.39, 0.29) is 0 Å². The molecule has 29 heavy (non-hydrogen) atoms. The molecule has 0 aliphatic carbocycles. The van der Waals surface area contributed by atoms with Gasteiger partial charge in [0.25, 0.3) is 0 Å². The fourth-order valence-corrected chi connectivity index (χ4v) is 3.86. The maximum atomic E-state index is 6.01. The average molecular weight is 381 g/mol. The van der Waals surface area contributed by atoms with Crippen LogP contribution in [0, 0.1) is 0 Å². The summed E-state index contributed by atoms with van der Waals surface area (Å²) in [5, 5.41) is 0. The predicted octanol–water partition coefficient (Wildman–Crippen LogP) is 6.35. The van der Waals surface area contributed by atoms with E-state index >= 15 is 0 Å². The zero-order chi connectivity index (χ0) is 20.7. The lowest BCUT2D eigenvalue weighted by molar-refractivity contribution is 0.626. The summed E-state index contributed by atoms with van der Waals surface area (Å²) in [7, 11) is 0. The SMILES string of the molecule is C=Cc1ccccc1C(C/C=C\C=C/C)(c1ccc(N)cc1)c1ccc(N)cc1. The van der Waals surface area contributed by atoms with E-state index in [1.54, 1.807) is 0 Å². The van der Waals surface area contributed by atoms with Gasteiger partial charge in [-0.05, 0) is 59.9 Å². The van der Waals surface area contributed by atoms with Crippen LogP contribution >= 0.6 is 0 Å². The molecular formula is C27H28N2. The number of allylic oxidation sites excluding steroid dienone is 4. The van der Waals surface area contributed by atoms with Gasteiger partial charge in [0.2, 0.25) is 0 Å². The minimum Gasteiger partial charge on any atom is -0.399 e. The van der Waals surface area contributed by atoms with Gasteiger partial charge in [0.1, 0.15) is 0 Å². The molecule has 0 aliphatic heterocycles. The second-order valence-corrected chi connectivity index (χ2v) is 7.10. The molecule has 0 saturated heterocycles. The van der Waals surface area contributed by atoms with Crippen molar-refractivity contribution in [1.82, 2.24) is 0 Å². The van der Waals surface area contributed by atoms with Gasteiger partial charge in [0.15, 0.2) is 0 Å². The van der Waals surface area contributed by atoms with Gasteiger partial charge in [-0.2, -0.15) is 0 Å². The Morgan fingerprint density at radius 2 is 1.34 bits per heavy atom. The number of rotatable bonds is 7. The summed E-state index contributed by atoms with van der Waals surface area (Å²) in [4.78, 5) is 0. The summed E-state index contributed by atoms with van der Waals surface area (Å²) in [5.41, 5.74) is 17.8. The Morgan fingerprint density at radius 1 is 0.793 bits per heavy atom. The van der Waals surface area contributed by atoms with Crippen LogP contribution in [-0.2, 0) is 5.41 Å². The van der Waals surface area contributed by atoms with Crippen LogP contribution in [-0.4, -0.2) is 0 Å². The minimum absolute atomic E-state index is 0.399. The highest BCUT2D eigenvalue weighted by atomic mass is 14.5. The van der Waals surface area contributed by atoms with E-state index in [0.717, 1.165) is 23.4 Å². The molecule has 3 aromatic rings. The fourth-order valence-electron chi connectivity index (χ4n) is 3.86. The number of nitrogens with two attached hydrogens (primary N) is 2. The fraction of sp³-hybridized carbons (Fsp3) is 0.111. The van der Waals surface area contributed by atoms with Gasteiger partial charge in [-0.3, -0.25) is 0 Å². The highest BCUT2D eigenvalue weighted by Gasteiger charge is 2.36. The predicted molar refractivity (Wildman–Crippen MR) is 127 cm³/mol. The van der Waals surface area contributed by atoms with Crippen LogP contribution in [0.3, 0.4) is 0 Å². The summed E-state index contributed by atoms with van der Waals surface area (Å²) in [6.07, 6.45) is 11.1. The monoisotopic (exact) mass is 380 g/mol. The van der Waals surface area contributed by atoms with Crippen molar-refractivity contribution in [3.63, 3.8) is 0 Å². The molecule has 0 spiro atoms. The van der Waals surface area contributed by atoms with Crippen LogP contribution in [0.5, 0.6) is 0 Å². The first-order chi connectivity index (χ1) is 14.1. The zero-order valence-corrected chi connectivity index (χ0v) is 16.9. The summed E-state index contributed by atoms with van der Waals surface area (Å²) < 4.78 is 0. The standard InChI is InChI=1S/C27H28N2/c1-3-5-6-9-20-27(22-12-16-24(28)17-13-22,23-14-18-25(29)19-15-23)26-11-8-7-10-21(26)4-2/h3-19H,2,20,28-29H2,1H3/b5-3-,9-6-. The maximum Gasteiger partial charge on any atom is 0.0491 e. The quantitative estimate of drug-likeness (QED) is 0.285. The molecule has 0 aromatic heterocycles. The first-order valence-electron chi connectivity index (χ1n) is 9.83. The third kappa shape index (κ3) is 4.17. The largest absolute Gasteiger partial charge is 0.399 e. The van der Waals surface area contributed by atoms with E-state index in [9.17, 15) is 0 Å². The van der Waals surface area contributed by atoms with E-state index in [1.165, 1.54) is 16.7 Å². The number of anilines is 2. The average Bonchev–Trinajstić information content (AvgIpc) is 2.76. The van der Waals surface area contributed by atoms with E-state index in [1.807, 2.05) is 49.4 Å². The molecule has 146 valence electrons. The normalized spacial score (nSPS) is 11.9. The van der Waals surface area contributed by atoms with Crippen molar-refractivity contribution in [2.45, 2.75) is 18.8 Å². The molecule has 3 rings (SSSR count). The van der Waals surface area contributed by atoms with Crippen molar-refractivity contribution in [2.24, 2.45) is 0 Å². The second-order valence-electron chi connectivity index (χ2n) is 7.10. The number of nitrogen functional groups attached to an aromatic ring is 2. The van der Waals surface area contributed by atoms with E-state index < -0.39 is 5.41 Å². The van der Waals surface area contributed by atoms with E-state index in [4.69, 9.17) is 11.5 Å². The number of benzene rings is 3. The first kappa shape index (κ1) is 20.2. The summed E-state index contributed by atoms with van der Waals surface area (Å²) in [5.74, 6) is 0. The van der Waals surface area contributed by atoms with Gasteiger partial charge >= 0.3 is 0 Å². The Balaban J connectivity index is 2.35. The lowest BCUT2D eigenvalue weighted by atomic mass is 9.66. The molecule has 2 heteroatoms. The molecular weight excluding hydrogens is 352 g/mol. The van der Waals surface area contributed by atoms with Crippen LogP contribution in [0.4, 0.5) is 11.4 Å². The van der Waals surface area contributed by atoms with Gasteiger partial charge in [-0.1, -0.05) is 85.5 Å². The van der Waals surface area contributed by atoms with E-state index in [0.29, 0.717) is 0 Å². The number of hydrogen-bond acceptors (Lipinski definition) is 2. The summed E-state index contributed by atoms with van der Waals surface area (Å²) in [6, 6.07) is 24.8. The minimum atomic E-state index is -0.399. The number of hydrogen-bond donors (Lipinski definition) is 2. The van der Waals surface area contributed by atoms with Crippen molar-refractivity contribution >= 4 is 17.5 Å². The van der Waals surface area contributed by atoms with Gasteiger partial charge < -0.3 is 11.5 Å². The van der Waals surface area contributed by atoms with Crippen LogP contribution in [0.25, 0.3) is 6.08 Å². The molecule has 0 bridgehead atoms. The van der Waals surface area contributed by atoms with Crippen molar-refractivity contribution in [1.29, 1.82) is 0 Å².